The molecule has 1 heterocycles. The van der Waals surface area contributed by atoms with Gasteiger partial charge in [-0.25, -0.2) is 14.4 Å². The molecule has 2 nitrogen and oxygen atoms in total. The third kappa shape index (κ3) is 2.60. The molecule has 1 aliphatic rings. The summed E-state index contributed by atoms with van der Waals surface area (Å²) in [6.45, 7) is 0. The Bertz CT molecular complexity index is 713. The lowest BCUT2D eigenvalue weighted by Crippen LogP contribution is -2.09. The molecule has 0 fully saturated rings. The van der Waals surface area contributed by atoms with Crippen molar-refractivity contribution in [2.24, 2.45) is 0 Å². The highest BCUT2D eigenvalue weighted by atomic mass is 35.5. The summed E-state index contributed by atoms with van der Waals surface area (Å²) in [7, 11) is 0. The minimum atomic E-state index is -4.69. The molecular formula is C14H9ClF4N2. The zero-order valence-corrected chi connectivity index (χ0v) is 11.4. The van der Waals surface area contributed by atoms with Gasteiger partial charge in [0.2, 0.25) is 0 Å². The first-order valence-electron chi connectivity index (χ1n) is 6.28. The predicted octanol–water partition coefficient (Wildman–Crippen LogP) is 4.44. The van der Waals surface area contributed by atoms with Crippen LogP contribution in [0.2, 0.25) is 5.15 Å². The van der Waals surface area contributed by atoms with E-state index in [0.717, 1.165) is 30.5 Å². The van der Waals surface area contributed by atoms with Gasteiger partial charge in [-0.1, -0.05) is 11.6 Å². The lowest BCUT2D eigenvalue weighted by atomic mass is 10.1. The number of fused-ring (bicyclic) bond motifs is 1. The fraction of sp³-hybridized carbons (Fsp3) is 0.286. The van der Waals surface area contributed by atoms with E-state index in [4.69, 9.17) is 11.6 Å². The summed E-state index contributed by atoms with van der Waals surface area (Å²) < 4.78 is 52.2. The molecule has 0 saturated carbocycles. The highest BCUT2D eigenvalue weighted by Crippen LogP contribution is 2.37. The van der Waals surface area contributed by atoms with Crippen molar-refractivity contribution in [3.8, 4) is 11.4 Å². The highest BCUT2D eigenvalue weighted by Gasteiger charge is 2.35. The maximum atomic E-state index is 13.1. The zero-order chi connectivity index (χ0) is 15.2. The third-order valence-electron chi connectivity index (χ3n) is 3.41. The van der Waals surface area contributed by atoms with Gasteiger partial charge in [0.05, 0.1) is 5.56 Å². The van der Waals surface area contributed by atoms with E-state index in [0.29, 0.717) is 18.2 Å². The zero-order valence-electron chi connectivity index (χ0n) is 10.6. The summed E-state index contributed by atoms with van der Waals surface area (Å²) in [6.07, 6.45) is -2.45. The summed E-state index contributed by atoms with van der Waals surface area (Å²) in [5.74, 6) is -1.08. The SMILES string of the molecule is Fc1ccc(-c2nc(Cl)c3c(n2)CCC3)c(C(F)(F)F)c1. The smallest absolute Gasteiger partial charge is 0.233 e. The Morgan fingerprint density at radius 3 is 2.57 bits per heavy atom. The number of halogens is 5. The van der Waals surface area contributed by atoms with Crippen LogP contribution < -0.4 is 0 Å². The number of hydrogen-bond acceptors (Lipinski definition) is 2. The van der Waals surface area contributed by atoms with E-state index < -0.39 is 17.6 Å². The van der Waals surface area contributed by atoms with Crippen LogP contribution in [0.1, 0.15) is 23.2 Å². The van der Waals surface area contributed by atoms with Gasteiger partial charge < -0.3 is 0 Å². The molecule has 1 aliphatic carbocycles. The lowest BCUT2D eigenvalue weighted by molar-refractivity contribution is -0.137. The monoisotopic (exact) mass is 316 g/mol. The number of hydrogen-bond donors (Lipinski definition) is 0. The Morgan fingerprint density at radius 2 is 1.86 bits per heavy atom. The van der Waals surface area contributed by atoms with Gasteiger partial charge in [-0.2, -0.15) is 13.2 Å². The van der Waals surface area contributed by atoms with E-state index in [1.807, 2.05) is 0 Å². The average molecular weight is 317 g/mol. The Kier molecular flexibility index (Phi) is 3.36. The Hall–Kier alpha value is -1.69. The van der Waals surface area contributed by atoms with Crippen LogP contribution in [0.15, 0.2) is 18.2 Å². The van der Waals surface area contributed by atoms with Crippen molar-refractivity contribution in [1.29, 1.82) is 0 Å². The first kappa shape index (κ1) is 14.3. The van der Waals surface area contributed by atoms with E-state index in [9.17, 15) is 17.6 Å². The van der Waals surface area contributed by atoms with Crippen LogP contribution in [0.25, 0.3) is 11.4 Å². The molecule has 1 aromatic heterocycles. The van der Waals surface area contributed by atoms with Crippen molar-refractivity contribution < 1.29 is 17.6 Å². The first-order chi connectivity index (χ1) is 9.86. The van der Waals surface area contributed by atoms with Crippen LogP contribution in [0.3, 0.4) is 0 Å². The minimum absolute atomic E-state index is 0.118. The molecule has 0 atom stereocenters. The molecule has 0 saturated heterocycles. The lowest BCUT2D eigenvalue weighted by Gasteiger charge is -2.13. The largest absolute Gasteiger partial charge is 0.417 e. The van der Waals surface area contributed by atoms with Crippen molar-refractivity contribution in [3.05, 3.63) is 46.0 Å². The maximum Gasteiger partial charge on any atom is 0.417 e. The summed E-state index contributed by atoms with van der Waals surface area (Å²) in [6, 6.07) is 2.43. The molecule has 0 bridgehead atoms. The molecule has 0 aliphatic heterocycles. The number of aryl methyl sites for hydroxylation is 1. The van der Waals surface area contributed by atoms with Gasteiger partial charge in [-0.05, 0) is 37.5 Å². The molecule has 0 N–H and O–H groups in total. The molecule has 2 aromatic rings. The van der Waals surface area contributed by atoms with Crippen molar-refractivity contribution in [1.82, 2.24) is 9.97 Å². The molecule has 0 unspecified atom stereocenters. The standard InChI is InChI=1S/C14H9ClF4N2/c15-12-9-2-1-3-11(9)20-13(21-12)8-5-4-7(16)6-10(8)14(17,18)19/h4-6H,1-3H2. The summed E-state index contributed by atoms with van der Waals surface area (Å²) in [5, 5.41) is 0.171. The first-order valence-corrected chi connectivity index (χ1v) is 6.66. The minimum Gasteiger partial charge on any atom is -0.233 e. The van der Waals surface area contributed by atoms with Crippen LogP contribution in [0.4, 0.5) is 17.6 Å². The summed E-state index contributed by atoms with van der Waals surface area (Å²) >= 11 is 6.02. The van der Waals surface area contributed by atoms with Crippen LogP contribution in [-0.4, -0.2) is 9.97 Å². The molecular weight excluding hydrogens is 308 g/mol. The Balaban J connectivity index is 2.20. The second kappa shape index (κ2) is 4.94. The van der Waals surface area contributed by atoms with Crippen molar-refractivity contribution >= 4 is 11.6 Å². The second-order valence-electron chi connectivity index (χ2n) is 4.80. The van der Waals surface area contributed by atoms with E-state index in [1.54, 1.807) is 0 Å². The van der Waals surface area contributed by atoms with Gasteiger partial charge in [0, 0.05) is 16.8 Å². The number of benzene rings is 1. The van der Waals surface area contributed by atoms with Crippen molar-refractivity contribution in [2.75, 3.05) is 0 Å². The molecule has 1 aromatic carbocycles. The number of nitrogens with zero attached hydrogens (tertiary/aromatic N) is 2. The molecule has 0 radical (unpaired) electrons. The van der Waals surface area contributed by atoms with E-state index >= 15 is 0 Å². The molecule has 110 valence electrons. The number of rotatable bonds is 1. The molecule has 21 heavy (non-hydrogen) atoms. The fourth-order valence-corrected chi connectivity index (χ4v) is 2.74. The molecule has 0 spiro atoms. The summed E-state index contributed by atoms with van der Waals surface area (Å²) in [4.78, 5) is 8.12. The van der Waals surface area contributed by atoms with Crippen LogP contribution in [-0.2, 0) is 19.0 Å². The number of aromatic nitrogens is 2. The van der Waals surface area contributed by atoms with Gasteiger partial charge >= 0.3 is 6.18 Å². The van der Waals surface area contributed by atoms with Gasteiger partial charge in [0.25, 0.3) is 0 Å². The molecule has 0 amide bonds. The van der Waals surface area contributed by atoms with Crippen LogP contribution >= 0.6 is 11.6 Å². The van der Waals surface area contributed by atoms with E-state index in [-0.39, 0.29) is 16.5 Å². The normalized spacial score (nSPS) is 14.3. The number of alkyl halides is 3. The van der Waals surface area contributed by atoms with E-state index in [1.165, 1.54) is 0 Å². The fourth-order valence-electron chi connectivity index (χ4n) is 2.45. The maximum absolute atomic E-state index is 13.1. The molecule has 3 rings (SSSR count). The van der Waals surface area contributed by atoms with Crippen molar-refractivity contribution in [3.63, 3.8) is 0 Å². The Morgan fingerprint density at radius 1 is 1.10 bits per heavy atom. The van der Waals surface area contributed by atoms with Crippen LogP contribution in [0.5, 0.6) is 0 Å². The average Bonchev–Trinajstić information content (AvgIpc) is 2.86. The van der Waals surface area contributed by atoms with E-state index in [2.05, 4.69) is 9.97 Å². The Labute approximate surface area is 122 Å². The van der Waals surface area contributed by atoms with Gasteiger partial charge in [-0.3, -0.25) is 0 Å². The highest BCUT2D eigenvalue weighted by molar-refractivity contribution is 6.30. The quantitative estimate of drug-likeness (QED) is 0.574. The van der Waals surface area contributed by atoms with Crippen LogP contribution in [0, 0.1) is 5.82 Å². The van der Waals surface area contributed by atoms with Crippen molar-refractivity contribution in [2.45, 2.75) is 25.4 Å². The van der Waals surface area contributed by atoms with Gasteiger partial charge in [-0.15, -0.1) is 0 Å². The topological polar surface area (TPSA) is 25.8 Å². The summed E-state index contributed by atoms with van der Waals surface area (Å²) in [5.41, 5.74) is 0.0931. The van der Waals surface area contributed by atoms with Gasteiger partial charge in [0.1, 0.15) is 11.0 Å². The van der Waals surface area contributed by atoms with Gasteiger partial charge in [0.15, 0.2) is 5.82 Å². The third-order valence-corrected chi connectivity index (χ3v) is 3.72. The second-order valence-corrected chi connectivity index (χ2v) is 5.16. The molecule has 7 heteroatoms. The predicted molar refractivity (Wildman–Crippen MR) is 69.5 cm³/mol.